The Bertz CT molecular complexity index is 704. The second kappa shape index (κ2) is 7.79. The number of hydrogen-bond acceptors (Lipinski definition) is 6. The van der Waals surface area contributed by atoms with Gasteiger partial charge in [-0.3, -0.25) is 0 Å². The van der Waals surface area contributed by atoms with Crippen molar-refractivity contribution in [1.29, 1.82) is 0 Å². The summed E-state index contributed by atoms with van der Waals surface area (Å²) < 4.78 is 11.4. The summed E-state index contributed by atoms with van der Waals surface area (Å²) in [5.41, 5.74) is 1.43. The van der Waals surface area contributed by atoms with Gasteiger partial charge >= 0.3 is 0 Å². The van der Waals surface area contributed by atoms with Crippen LogP contribution >= 0.6 is 0 Å². The first-order chi connectivity index (χ1) is 11.8. The van der Waals surface area contributed by atoms with Gasteiger partial charge < -0.3 is 9.47 Å². The largest absolute Gasteiger partial charge is 0.489 e. The molecule has 0 atom stereocenters. The predicted molar refractivity (Wildman–Crippen MR) is 89.9 cm³/mol. The third-order valence-electron chi connectivity index (χ3n) is 3.67. The van der Waals surface area contributed by atoms with Gasteiger partial charge in [0.15, 0.2) is 0 Å². The molecule has 24 heavy (non-hydrogen) atoms. The standard InChI is InChI=1S/C18H20N4O2/c1-2-23-14-18(19-21-22-20-18)12-16-9-6-10-17(11-16)24-13-15-7-4-3-5-8-15/h3-11H,2,12-14H2,1H3. The fourth-order valence-electron chi connectivity index (χ4n) is 2.48. The van der Waals surface area contributed by atoms with E-state index >= 15 is 0 Å². The summed E-state index contributed by atoms with van der Waals surface area (Å²) in [5, 5.41) is 15.6. The molecule has 0 amide bonds. The van der Waals surface area contributed by atoms with Crippen molar-refractivity contribution in [3.05, 3.63) is 65.7 Å². The summed E-state index contributed by atoms with van der Waals surface area (Å²) in [7, 11) is 0. The van der Waals surface area contributed by atoms with Gasteiger partial charge in [-0.05, 0) is 40.6 Å². The van der Waals surface area contributed by atoms with Gasteiger partial charge in [0.25, 0.3) is 0 Å². The maximum absolute atomic E-state index is 5.87. The van der Waals surface area contributed by atoms with Crippen molar-refractivity contribution >= 4 is 0 Å². The Kier molecular flexibility index (Phi) is 5.28. The van der Waals surface area contributed by atoms with E-state index in [1.165, 1.54) is 0 Å². The smallest absolute Gasteiger partial charge is 0.222 e. The third kappa shape index (κ3) is 4.23. The molecule has 0 N–H and O–H groups in total. The fourth-order valence-corrected chi connectivity index (χ4v) is 2.48. The monoisotopic (exact) mass is 324 g/mol. The lowest BCUT2D eigenvalue weighted by Crippen LogP contribution is -2.31. The molecule has 1 aliphatic heterocycles. The summed E-state index contributed by atoms with van der Waals surface area (Å²) in [6.07, 6.45) is 0.572. The average molecular weight is 324 g/mol. The molecule has 3 rings (SSSR count). The van der Waals surface area contributed by atoms with E-state index in [1.54, 1.807) is 0 Å². The molecule has 2 aromatic carbocycles. The number of rotatable bonds is 8. The lowest BCUT2D eigenvalue weighted by molar-refractivity contribution is 0.0972. The molecule has 124 valence electrons. The zero-order valence-electron chi connectivity index (χ0n) is 13.6. The molecule has 6 nitrogen and oxygen atoms in total. The van der Waals surface area contributed by atoms with E-state index in [0.29, 0.717) is 26.2 Å². The van der Waals surface area contributed by atoms with Crippen LogP contribution in [-0.4, -0.2) is 18.9 Å². The van der Waals surface area contributed by atoms with Crippen LogP contribution in [0.5, 0.6) is 5.75 Å². The molecule has 0 bridgehead atoms. The van der Waals surface area contributed by atoms with E-state index in [9.17, 15) is 0 Å². The first kappa shape index (κ1) is 16.3. The van der Waals surface area contributed by atoms with Gasteiger partial charge in [0.05, 0.1) is 6.61 Å². The van der Waals surface area contributed by atoms with Crippen LogP contribution < -0.4 is 4.74 Å². The van der Waals surface area contributed by atoms with Crippen LogP contribution in [0, 0.1) is 0 Å². The van der Waals surface area contributed by atoms with Crippen LogP contribution in [0.3, 0.4) is 0 Å². The van der Waals surface area contributed by atoms with Gasteiger partial charge in [0.2, 0.25) is 5.66 Å². The molecule has 0 aliphatic carbocycles. The molecule has 1 aliphatic rings. The fraction of sp³-hybridized carbons (Fsp3) is 0.333. The minimum atomic E-state index is -0.756. The maximum Gasteiger partial charge on any atom is 0.222 e. The maximum atomic E-state index is 5.87. The molecule has 0 spiro atoms. The van der Waals surface area contributed by atoms with Crippen molar-refractivity contribution in [2.24, 2.45) is 20.7 Å². The Balaban J connectivity index is 1.66. The number of ether oxygens (including phenoxy) is 2. The van der Waals surface area contributed by atoms with Crippen molar-refractivity contribution in [2.45, 2.75) is 25.6 Å². The zero-order chi connectivity index (χ0) is 16.7. The summed E-state index contributed by atoms with van der Waals surface area (Å²) >= 11 is 0. The van der Waals surface area contributed by atoms with Crippen LogP contribution in [0.1, 0.15) is 18.1 Å². The number of hydrogen-bond donors (Lipinski definition) is 0. The van der Waals surface area contributed by atoms with Crippen molar-refractivity contribution < 1.29 is 9.47 Å². The minimum Gasteiger partial charge on any atom is -0.489 e. The van der Waals surface area contributed by atoms with Gasteiger partial charge in [-0.15, -0.1) is 10.2 Å². The van der Waals surface area contributed by atoms with Crippen molar-refractivity contribution in [3.8, 4) is 5.75 Å². The predicted octanol–water partition coefficient (Wildman–Crippen LogP) is 4.37. The third-order valence-corrected chi connectivity index (χ3v) is 3.67. The Morgan fingerprint density at radius 3 is 2.42 bits per heavy atom. The number of benzene rings is 2. The SMILES string of the molecule is CCOCC1(Cc2cccc(OCc3ccccc3)c2)N=NN=N1. The van der Waals surface area contributed by atoms with Gasteiger partial charge in [-0.1, -0.05) is 42.5 Å². The van der Waals surface area contributed by atoms with Crippen LogP contribution in [0.2, 0.25) is 0 Å². The highest BCUT2D eigenvalue weighted by Gasteiger charge is 2.34. The molecular weight excluding hydrogens is 304 g/mol. The topological polar surface area (TPSA) is 67.9 Å². The first-order valence-corrected chi connectivity index (χ1v) is 7.97. The van der Waals surface area contributed by atoms with E-state index in [4.69, 9.17) is 9.47 Å². The molecule has 0 aromatic heterocycles. The molecule has 2 aromatic rings. The number of nitrogens with zero attached hydrogens (tertiary/aromatic N) is 4. The van der Waals surface area contributed by atoms with E-state index in [1.807, 2.05) is 61.5 Å². The van der Waals surface area contributed by atoms with E-state index in [0.717, 1.165) is 16.9 Å². The Morgan fingerprint density at radius 1 is 0.917 bits per heavy atom. The van der Waals surface area contributed by atoms with Crippen molar-refractivity contribution in [3.63, 3.8) is 0 Å². The van der Waals surface area contributed by atoms with E-state index < -0.39 is 5.66 Å². The molecule has 0 unspecified atom stereocenters. The second-order valence-electron chi connectivity index (χ2n) is 5.60. The molecular formula is C18H20N4O2. The van der Waals surface area contributed by atoms with Crippen LogP contribution in [0.4, 0.5) is 0 Å². The molecule has 0 radical (unpaired) electrons. The summed E-state index contributed by atoms with van der Waals surface area (Å²) in [6.45, 7) is 3.45. The second-order valence-corrected chi connectivity index (χ2v) is 5.60. The lowest BCUT2D eigenvalue weighted by Gasteiger charge is -2.19. The lowest BCUT2D eigenvalue weighted by atomic mass is 10.0. The van der Waals surface area contributed by atoms with Crippen LogP contribution in [0.15, 0.2) is 75.3 Å². The van der Waals surface area contributed by atoms with Gasteiger partial charge in [0.1, 0.15) is 12.4 Å². The molecule has 0 fully saturated rings. The van der Waals surface area contributed by atoms with Crippen molar-refractivity contribution in [1.82, 2.24) is 0 Å². The molecule has 0 saturated heterocycles. The summed E-state index contributed by atoms with van der Waals surface area (Å²) in [5.74, 6) is 0.815. The Labute approximate surface area is 141 Å². The van der Waals surface area contributed by atoms with Crippen molar-refractivity contribution in [2.75, 3.05) is 13.2 Å². The quantitative estimate of drug-likeness (QED) is 0.723. The molecule has 0 saturated carbocycles. The minimum absolute atomic E-state index is 0.367. The highest BCUT2D eigenvalue weighted by Crippen LogP contribution is 2.27. The normalized spacial score (nSPS) is 14.9. The van der Waals surface area contributed by atoms with Gasteiger partial charge in [-0.2, -0.15) is 0 Å². The van der Waals surface area contributed by atoms with Crippen LogP contribution in [0.25, 0.3) is 0 Å². The van der Waals surface area contributed by atoms with Crippen LogP contribution in [-0.2, 0) is 17.8 Å². The highest BCUT2D eigenvalue weighted by molar-refractivity contribution is 5.30. The average Bonchev–Trinajstić information content (AvgIpc) is 3.08. The summed E-state index contributed by atoms with van der Waals surface area (Å²) in [4.78, 5) is 0. The summed E-state index contributed by atoms with van der Waals surface area (Å²) in [6, 6.07) is 18.0. The van der Waals surface area contributed by atoms with E-state index in [2.05, 4.69) is 20.7 Å². The Hall–Kier alpha value is -2.60. The van der Waals surface area contributed by atoms with Gasteiger partial charge in [0, 0.05) is 13.0 Å². The van der Waals surface area contributed by atoms with E-state index in [-0.39, 0.29) is 0 Å². The first-order valence-electron chi connectivity index (χ1n) is 7.97. The zero-order valence-corrected chi connectivity index (χ0v) is 13.6. The Morgan fingerprint density at radius 2 is 1.67 bits per heavy atom. The van der Waals surface area contributed by atoms with Gasteiger partial charge in [-0.25, -0.2) is 0 Å². The highest BCUT2D eigenvalue weighted by atomic mass is 16.5. The molecule has 6 heteroatoms. The molecule has 1 heterocycles.